The molecule has 2 atom stereocenters. The molecule has 1 N–H and O–H groups in total. The highest BCUT2D eigenvalue weighted by Crippen LogP contribution is 2.41. The van der Waals surface area contributed by atoms with Gasteiger partial charge in [-0.15, -0.1) is 0 Å². The van der Waals surface area contributed by atoms with Crippen LogP contribution < -0.4 is 5.32 Å². The number of nitrogens with one attached hydrogen (secondary N) is 1. The van der Waals surface area contributed by atoms with Gasteiger partial charge in [0.15, 0.2) is 10.3 Å². The van der Waals surface area contributed by atoms with Crippen LogP contribution in [0.2, 0.25) is 10.0 Å². The first-order chi connectivity index (χ1) is 14.6. The number of amidine groups is 1. The minimum absolute atomic E-state index is 0.537. The zero-order valence-corrected chi connectivity index (χ0v) is 19.7. The fourth-order valence-corrected chi connectivity index (χ4v) is 6.90. The number of hydrogen-bond donors (Lipinski definition) is 1. The molecular formula is C22H22Cl2N4S2. The Bertz CT molecular complexity index is 1060. The molecule has 2 heterocycles. The van der Waals surface area contributed by atoms with Crippen molar-refractivity contribution in [1.82, 2.24) is 9.88 Å². The van der Waals surface area contributed by atoms with Crippen molar-refractivity contribution in [3.63, 3.8) is 0 Å². The van der Waals surface area contributed by atoms with Gasteiger partial charge in [-0.2, -0.15) is 0 Å². The third kappa shape index (κ3) is 4.15. The molecule has 0 radical (unpaired) electrons. The first-order valence-corrected chi connectivity index (χ1v) is 12.6. The molecule has 5 rings (SSSR count). The van der Waals surface area contributed by atoms with Crippen LogP contribution in [0, 0.1) is 0 Å². The quantitative estimate of drug-likeness (QED) is 0.437. The molecule has 0 bridgehead atoms. The van der Waals surface area contributed by atoms with Crippen LogP contribution in [0.3, 0.4) is 0 Å². The SMILES string of the molecule is CN1C(=Nc2ccc(CCNc3nc4cc(Cl)c(Cl)cc4s3)cc2)SC2CCC[C@H]21. The number of hydrogen-bond acceptors (Lipinski definition) is 5. The summed E-state index contributed by atoms with van der Waals surface area (Å²) in [4.78, 5) is 11.9. The van der Waals surface area contributed by atoms with Crippen LogP contribution in [0.1, 0.15) is 24.8 Å². The zero-order chi connectivity index (χ0) is 20.7. The van der Waals surface area contributed by atoms with Gasteiger partial charge in [-0.25, -0.2) is 9.98 Å². The summed E-state index contributed by atoms with van der Waals surface area (Å²) in [5, 5.41) is 7.29. The average molecular weight is 477 g/mol. The van der Waals surface area contributed by atoms with Gasteiger partial charge in [-0.1, -0.05) is 64.9 Å². The van der Waals surface area contributed by atoms with Gasteiger partial charge in [0.25, 0.3) is 0 Å². The summed E-state index contributed by atoms with van der Waals surface area (Å²) >= 11 is 15.7. The Kier molecular flexibility index (Phi) is 5.84. The lowest BCUT2D eigenvalue weighted by molar-refractivity contribution is 0.397. The van der Waals surface area contributed by atoms with Gasteiger partial charge in [0.1, 0.15) is 0 Å². The van der Waals surface area contributed by atoms with Crippen molar-refractivity contribution in [2.75, 3.05) is 18.9 Å². The molecule has 0 spiro atoms. The molecule has 1 unspecified atom stereocenters. The fraction of sp³-hybridized carbons (Fsp3) is 0.364. The van der Waals surface area contributed by atoms with Crippen molar-refractivity contribution in [2.45, 2.75) is 37.0 Å². The van der Waals surface area contributed by atoms with Crippen LogP contribution in [-0.2, 0) is 6.42 Å². The third-order valence-electron chi connectivity index (χ3n) is 5.76. The van der Waals surface area contributed by atoms with E-state index in [1.54, 1.807) is 11.3 Å². The van der Waals surface area contributed by atoms with Crippen molar-refractivity contribution < 1.29 is 0 Å². The number of thiazole rings is 1. The Hall–Kier alpha value is -1.47. The summed E-state index contributed by atoms with van der Waals surface area (Å²) in [6, 6.07) is 12.9. The zero-order valence-electron chi connectivity index (χ0n) is 16.6. The Balaban J connectivity index is 1.18. The van der Waals surface area contributed by atoms with Crippen molar-refractivity contribution in [3.05, 3.63) is 52.0 Å². The average Bonchev–Trinajstić information content (AvgIpc) is 3.41. The van der Waals surface area contributed by atoms with Crippen LogP contribution in [-0.4, -0.2) is 39.9 Å². The van der Waals surface area contributed by atoms with Gasteiger partial charge in [-0.05, 0) is 49.1 Å². The molecule has 2 aliphatic rings. The van der Waals surface area contributed by atoms with Gasteiger partial charge < -0.3 is 10.2 Å². The van der Waals surface area contributed by atoms with E-state index in [9.17, 15) is 0 Å². The largest absolute Gasteiger partial charge is 0.361 e. The molecule has 1 saturated heterocycles. The van der Waals surface area contributed by atoms with Crippen molar-refractivity contribution in [2.24, 2.45) is 4.99 Å². The van der Waals surface area contributed by atoms with Gasteiger partial charge in [0, 0.05) is 24.9 Å². The minimum Gasteiger partial charge on any atom is -0.361 e. The van der Waals surface area contributed by atoms with E-state index in [0.29, 0.717) is 16.1 Å². The van der Waals surface area contributed by atoms with E-state index in [1.807, 2.05) is 23.9 Å². The van der Waals surface area contributed by atoms with Crippen LogP contribution in [0.5, 0.6) is 0 Å². The van der Waals surface area contributed by atoms with Crippen LogP contribution in [0.25, 0.3) is 10.2 Å². The number of fused-ring (bicyclic) bond motifs is 2. The summed E-state index contributed by atoms with van der Waals surface area (Å²) in [5.41, 5.74) is 3.18. The molecule has 1 aromatic heterocycles. The summed E-state index contributed by atoms with van der Waals surface area (Å²) < 4.78 is 1.04. The maximum Gasteiger partial charge on any atom is 0.183 e. The van der Waals surface area contributed by atoms with Crippen LogP contribution in [0.4, 0.5) is 10.8 Å². The van der Waals surface area contributed by atoms with E-state index in [0.717, 1.165) is 44.4 Å². The van der Waals surface area contributed by atoms with Gasteiger partial charge in [0.2, 0.25) is 0 Å². The number of anilines is 1. The smallest absolute Gasteiger partial charge is 0.183 e. The number of aliphatic imine (C=N–C) groups is 1. The van der Waals surface area contributed by atoms with E-state index >= 15 is 0 Å². The lowest BCUT2D eigenvalue weighted by Gasteiger charge is -2.19. The summed E-state index contributed by atoms with van der Waals surface area (Å²) in [7, 11) is 2.19. The Morgan fingerprint density at radius 2 is 1.97 bits per heavy atom. The second-order valence-electron chi connectivity index (χ2n) is 7.76. The molecule has 2 aromatic carbocycles. The van der Waals surface area contributed by atoms with Crippen molar-refractivity contribution in [1.29, 1.82) is 0 Å². The van der Waals surface area contributed by atoms with Crippen LogP contribution >= 0.6 is 46.3 Å². The first kappa shape index (κ1) is 20.4. The minimum atomic E-state index is 0.537. The van der Waals surface area contributed by atoms with Gasteiger partial charge in [0.05, 0.1) is 25.9 Å². The van der Waals surface area contributed by atoms with Crippen molar-refractivity contribution >= 4 is 72.5 Å². The molecule has 3 aromatic rings. The Morgan fingerprint density at radius 1 is 1.17 bits per heavy atom. The molecule has 2 fully saturated rings. The molecule has 30 heavy (non-hydrogen) atoms. The molecule has 8 heteroatoms. The molecule has 1 aliphatic heterocycles. The predicted octanol–water partition coefficient (Wildman–Crippen LogP) is 6.84. The molecular weight excluding hydrogens is 455 g/mol. The summed E-state index contributed by atoms with van der Waals surface area (Å²) in [5.74, 6) is 0. The van der Waals surface area contributed by atoms with Gasteiger partial charge >= 0.3 is 0 Å². The summed E-state index contributed by atoms with van der Waals surface area (Å²) in [6.45, 7) is 0.817. The number of benzene rings is 2. The lowest BCUT2D eigenvalue weighted by atomic mass is 10.1. The van der Waals surface area contributed by atoms with E-state index in [1.165, 1.54) is 24.8 Å². The summed E-state index contributed by atoms with van der Waals surface area (Å²) in [6.07, 6.45) is 4.89. The second-order valence-corrected chi connectivity index (χ2v) is 10.8. The Labute approximate surface area is 194 Å². The standard InChI is InChI=1S/C22H22Cl2N4S2/c1-28-18-3-2-4-19(18)30-22(28)26-14-7-5-13(6-8-14)9-10-25-21-27-17-11-15(23)16(24)12-20(17)29-21/h5-8,11-12,18-19H,2-4,9-10H2,1H3,(H,25,27)/t18-,19?/m1/s1. The second kappa shape index (κ2) is 8.58. The molecule has 156 valence electrons. The highest BCUT2D eigenvalue weighted by atomic mass is 35.5. The molecule has 1 saturated carbocycles. The molecule has 0 amide bonds. The number of rotatable bonds is 5. The fourth-order valence-electron chi connectivity index (χ4n) is 4.11. The monoisotopic (exact) mass is 476 g/mol. The number of thioether (sulfide) groups is 1. The highest BCUT2D eigenvalue weighted by Gasteiger charge is 2.39. The number of aromatic nitrogens is 1. The third-order valence-corrected chi connectivity index (χ3v) is 8.90. The van der Waals surface area contributed by atoms with E-state index < -0.39 is 0 Å². The lowest BCUT2D eigenvalue weighted by Crippen LogP contribution is -2.30. The van der Waals surface area contributed by atoms with Crippen molar-refractivity contribution in [3.8, 4) is 0 Å². The maximum absolute atomic E-state index is 6.09. The predicted molar refractivity (Wildman–Crippen MR) is 132 cm³/mol. The van der Waals surface area contributed by atoms with E-state index in [-0.39, 0.29) is 0 Å². The van der Waals surface area contributed by atoms with E-state index in [2.05, 4.69) is 46.5 Å². The first-order valence-electron chi connectivity index (χ1n) is 10.1. The number of nitrogens with zero attached hydrogens (tertiary/aromatic N) is 3. The normalized spacial score (nSPS) is 22.2. The highest BCUT2D eigenvalue weighted by molar-refractivity contribution is 8.14. The topological polar surface area (TPSA) is 40.5 Å². The maximum atomic E-state index is 6.09. The molecule has 1 aliphatic carbocycles. The Morgan fingerprint density at radius 3 is 2.77 bits per heavy atom. The number of halogens is 2. The molecule has 4 nitrogen and oxygen atoms in total. The van der Waals surface area contributed by atoms with E-state index in [4.69, 9.17) is 28.2 Å². The van der Waals surface area contributed by atoms with Crippen LogP contribution in [0.15, 0.2) is 41.4 Å². The van der Waals surface area contributed by atoms with Gasteiger partial charge in [-0.3, -0.25) is 0 Å².